The molecule has 1 amide bonds. The van der Waals surface area contributed by atoms with Crippen LogP contribution >= 0.6 is 0 Å². The van der Waals surface area contributed by atoms with Crippen molar-refractivity contribution >= 4 is 16.9 Å². The first kappa shape index (κ1) is 20.4. The minimum atomic E-state index is 0.237. The zero-order valence-electron chi connectivity index (χ0n) is 18.3. The number of carbonyl (C=O) groups is 1. The summed E-state index contributed by atoms with van der Waals surface area (Å²) >= 11 is 0. The van der Waals surface area contributed by atoms with Crippen LogP contribution in [0.25, 0.3) is 33.9 Å². The first-order valence-corrected chi connectivity index (χ1v) is 11.3. The molecule has 0 spiro atoms. The Morgan fingerprint density at radius 1 is 1.00 bits per heavy atom. The maximum Gasteiger partial charge on any atom is 0.258 e. The van der Waals surface area contributed by atoms with E-state index < -0.39 is 0 Å². The summed E-state index contributed by atoms with van der Waals surface area (Å²) in [7, 11) is 0. The van der Waals surface area contributed by atoms with Crippen molar-refractivity contribution in [1.82, 2.24) is 24.6 Å². The summed E-state index contributed by atoms with van der Waals surface area (Å²) in [4.78, 5) is 23.7. The van der Waals surface area contributed by atoms with Gasteiger partial charge in [0.2, 0.25) is 11.7 Å². The molecule has 5 rings (SSSR count). The fourth-order valence-corrected chi connectivity index (χ4v) is 4.23. The number of carbonyl (C=O) groups excluding carboxylic acids is 1. The standard InChI is InChI=1S/C25H27N5O2/c1-18-6-8-19(9-7-18)25-27-24(28-32-25)20-10-11-22-21(16-20)26-17-30(22)15-12-23(31)29-13-4-2-3-5-14-29/h6-11,16-17H,2-5,12-15H2,1H3. The van der Waals surface area contributed by atoms with Crippen molar-refractivity contribution in [2.45, 2.75) is 45.6 Å². The molecule has 0 saturated carbocycles. The van der Waals surface area contributed by atoms with E-state index in [0.29, 0.717) is 24.7 Å². The molecule has 0 unspecified atom stereocenters. The van der Waals surface area contributed by atoms with E-state index in [-0.39, 0.29) is 5.91 Å². The van der Waals surface area contributed by atoms with E-state index in [1.54, 1.807) is 6.33 Å². The van der Waals surface area contributed by atoms with Gasteiger partial charge in [-0.2, -0.15) is 4.98 Å². The zero-order chi connectivity index (χ0) is 21.9. The number of aromatic nitrogens is 4. The lowest BCUT2D eigenvalue weighted by atomic mass is 10.1. The SMILES string of the molecule is Cc1ccc(-c2nc(-c3ccc4c(c3)ncn4CCC(=O)N3CCCCCC3)no2)cc1. The fourth-order valence-electron chi connectivity index (χ4n) is 4.23. The second-order valence-corrected chi connectivity index (χ2v) is 8.48. The van der Waals surface area contributed by atoms with Crippen molar-refractivity contribution in [1.29, 1.82) is 0 Å². The van der Waals surface area contributed by atoms with Gasteiger partial charge < -0.3 is 14.0 Å². The van der Waals surface area contributed by atoms with Gasteiger partial charge in [0, 0.05) is 37.2 Å². The molecule has 7 nitrogen and oxygen atoms in total. The van der Waals surface area contributed by atoms with Gasteiger partial charge in [-0.3, -0.25) is 4.79 Å². The van der Waals surface area contributed by atoms with Crippen LogP contribution in [0.1, 0.15) is 37.7 Å². The lowest BCUT2D eigenvalue weighted by molar-refractivity contribution is -0.131. The molecule has 0 atom stereocenters. The van der Waals surface area contributed by atoms with Crippen LogP contribution in [0.5, 0.6) is 0 Å². The largest absolute Gasteiger partial charge is 0.343 e. The molecule has 1 aliphatic rings. The van der Waals surface area contributed by atoms with Crippen LogP contribution in [-0.2, 0) is 11.3 Å². The molecule has 2 aromatic heterocycles. The molecular weight excluding hydrogens is 402 g/mol. The quantitative estimate of drug-likeness (QED) is 0.453. The number of rotatable bonds is 5. The number of aryl methyl sites for hydroxylation is 2. The molecule has 0 radical (unpaired) electrons. The van der Waals surface area contributed by atoms with Crippen LogP contribution in [0.3, 0.4) is 0 Å². The Labute approximate surface area is 187 Å². The summed E-state index contributed by atoms with van der Waals surface area (Å²) < 4.78 is 7.51. The average Bonchev–Trinajstić information content (AvgIpc) is 3.37. The summed E-state index contributed by atoms with van der Waals surface area (Å²) in [5.74, 6) is 1.27. The van der Waals surface area contributed by atoms with Gasteiger partial charge in [-0.15, -0.1) is 0 Å². The molecule has 0 bridgehead atoms. The first-order valence-electron chi connectivity index (χ1n) is 11.3. The Kier molecular flexibility index (Phi) is 5.71. The van der Waals surface area contributed by atoms with Crippen LogP contribution in [0, 0.1) is 6.92 Å². The fraction of sp³-hybridized carbons (Fsp3) is 0.360. The monoisotopic (exact) mass is 429 g/mol. The summed E-state index contributed by atoms with van der Waals surface area (Å²) in [6, 6.07) is 13.9. The molecular formula is C25H27N5O2. The number of nitrogens with zero attached hydrogens (tertiary/aromatic N) is 5. The Bertz CT molecular complexity index is 1220. The zero-order valence-corrected chi connectivity index (χ0v) is 18.3. The number of fused-ring (bicyclic) bond motifs is 1. The summed E-state index contributed by atoms with van der Waals surface area (Å²) in [6.45, 7) is 4.46. The summed E-state index contributed by atoms with van der Waals surface area (Å²) in [6.07, 6.45) is 6.99. The van der Waals surface area contributed by atoms with Crippen molar-refractivity contribution in [3.05, 3.63) is 54.4 Å². The summed E-state index contributed by atoms with van der Waals surface area (Å²) in [5.41, 5.74) is 4.79. The van der Waals surface area contributed by atoms with Gasteiger partial charge in [0.1, 0.15) is 0 Å². The third kappa shape index (κ3) is 4.28. The molecule has 4 aromatic rings. The lowest BCUT2D eigenvalue weighted by Gasteiger charge is -2.20. The number of imidazole rings is 1. The average molecular weight is 430 g/mol. The smallest absolute Gasteiger partial charge is 0.258 e. The van der Waals surface area contributed by atoms with E-state index in [1.165, 1.54) is 18.4 Å². The minimum absolute atomic E-state index is 0.237. The molecule has 2 aromatic carbocycles. The number of likely N-dealkylation sites (tertiary alicyclic amines) is 1. The van der Waals surface area contributed by atoms with Crippen LogP contribution in [0.4, 0.5) is 0 Å². The molecule has 1 aliphatic heterocycles. The molecule has 164 valence electrons. The van der Waals surface area contributed by atoms with Crippen molar-refractivity contribution in [2.24, 2.45) is 0 Å². The van der Waals surface area contributed by atoms with E-state index >= 15 is 0 Å². The van der Waals surface area contributed by atoms with Crippen molar-refractivity contribution < 1.29 is 9.32 Å². The van der Waals surface area contributed by atoms with E-state index in [9.17, 15) is 4.79 Å². The highest BCUT2D eigenvalue weighted by Crippen LogP contribution is 2.25. The maximum atomic E-state index is 12.6. The topological polar surface area (TPSA) is 77.1 Å². The highest BCUT2D eigenvalue weighted by molar-refractivity contribution is 5.81. The second kappa shape index (κ2) is 8.94. The number of amides is 1. The molecule has 1 saturated heterocycles. The molecule has 0 N–H and O–H groups in total. The Morgan fingerprint density at radius 3 is 2.53 bits per heavy atom. The van der Waals surface area contributed by atoms with Gasteiger partial charge in [-0.25, -0.2) is 4.98 Å². The highest BCUT2D eigenvalue weighted by atomic mass is 16.5. The normalized spacial score (nSPS) is 14.6. The molecule has 3 heterocycles. The third-order valence-electron chi connectivity index (χ3n) is 6.13. The predicted octanol–water partition coefficient (Wildman–Crippen LogP) is 4.85. The first-order chi connectivity index (χ1) is 15.7. The predicted molar refractivity (Wildman–Crippen MR) is 123 cm³/mol. The Morgan fingerprint density at radius 2 is 1.75 bits per heavy atom. The minimum Gasteiger partial charge on any atom is -0.343 e. The Hall–Kier alpha value is -3.48. The van der Waals surface area contributed by atoms with Gasteiger partial charge >= 0.3 is 0 Å². The summed E-state index contributed by atoms with van der Waals surface area (Å²) in [5, 5.41) is 4.15. The van der Waals surface area contributed by atoms with Crippen LogP contribution in [0.2, 0.25) is 0 Å². The van der Waals surface area contributed by atoms with Crippen LogP contribution in [-0.4, -0.2) is 43.6 Å². The van der Waals surface area contributed by atoms with Gasteiger partial charge in [-0.05, 0) is 50.1 Å². The number of hydrogen-bond donors (Lipinski definition) is 0. The third-order valence-corrected chi connectivity index (χ3v) is 6.13. The second-order valence-electron chi connectivity index (χ2n) is 8.48. The van der Waals surface area contributed by atoms with Gasteiger partial charge in [0.25, 0.3) is 5.89 Å². The van der Waals surface area contributed by atoms with E-state index in [2.05, 4.69) is 15.1 Å². The Balaban J connectivity index is 1.30. The molecule has 32 heavy (non-hydrogen) atoms. The van der Waals surface area contributed by atoms with Gasteiger partial charge in [0.05, 0.1) is 17.4 Å². The molecule has 0 aliphatic carbocycles. The lowest BCUT2D eigenvalue weighted by Crippen LogP contribution is -2.32. The van der Waals surface area contributed by atoms with E-state index in [0.717, 1.165) is 48.1 Å². The molecule has 1 fully saturated rings. The number of hydrogen-bond acceptors (Lipinski definition) is 5. The van der Waals surface area contributed by atoms with E-state index in [4.69, 9.17) is 4.52 Å². The molecule has 7 heteroatoms. The van der Waals surface area contributed by atoms with Gasteiger partial charge in [-0.1, -0.05) is 35.7 Å². The van der Waals surface area contributed by atoms with Crippen molar-refractivity contribution in [3.8, 4) is 22.8 Å². The maximum absolute atomic E-state index is 12.6. The highest BCUT2D eigenvalue weighted by Gasteiger charge is 2.16. The van der Waals surface area contributed by atoms with Crippen LogP contribution < -0.4 is 0 Å². The van der Waals surface area contributed by atoms with E-state index in [1.807, 2.05) is 58.9 Å². The number of benzene rings is 2. The van der Waals surface area contributed by atoms with Gasteiger partial charge in [0.15, 0.2) is 0 Å². The van der Waals surface area contributed by atoms with Crippen molar-refractivity contribution in [2.75, 3.05) is 13.1 Å². The van der Waals surface area contributed by atoms with Crippen LogP contribution in [0.15, 0.2) is 53.3 Å². The van der Waals surface area contributed by atoms with Crippen molar-refractivity contribution in [3.63, 3.8) is 0 Å².